The molecular formula is C13H18N2O2. The van der Waals surface area contributed by atoms with E-state index < -0.39 is 6.10 Å². The number of carbonyl (C=O) groups excluding carboxylic acids is 1. The second-order valence-electron chi connectivity index (χ2n) is 4.59. The molecule has 2 N–H and O–H groups in total. The lowest BCUT2D eigenvalue weighted by Gasteiger charge is -2.35. The molecule has 0 saturated carbocycles. The highest BCUT2D eigenvalue weighted by molar-refractivity contribution is 6.00. The Balaban J connectivity index is 2.46. The van der Waals surface area contributed by atoms with Crippen molar-refractivity contribution < 1.29 is 9.53 Å². The topological polar surface area (TPSA) is 55.6 Å². The van der Waals surface area contributed by atoms with E-state index in [4.69, 9.17) is 10.5 Å². The zero-order valence-corrected chi connectivity index (χ0v) is 10.4. The van der Waals surface area contributed by atoms with Crippen molar-refractivity contribution in [1.29, 1.82) is 0 Å². The number of nitrogens with two attached hydrogens (primary N) is 1. The molecule has 4 nitrogen and oxygen atoms in total. The van der Waals surface area contributed by atoms with Crippen LogP contribution in [0.3, 0.4) is 0 Å². The molecule has 1 atom stereocenters. The lowest BCUT2D eigenvalue weighted by atomic mass is 10.0. The SMILES string of the molecule is CCN1C(=O)C(C(C)C)Oc2cc(N)ccc21. The van der Waals surface area contributed by atoms with Crippen molar-refractivity contribution in [1.82, 2.24) is 0 Å². The van der Waals surface area contributed by atoms with Gasteiger partial charge in [-0.2, -0.15) is 0 Å². The number of likely N-dealkylation sites (N-methyl/N-ethyl adjacent to an activating group) is 1. The van der Waals surface area contributed by atoms with Gasteiger partial charge in [0.25, 0.3) is 5.91 Å². The third-order valence-corrected chi connectivity index (χ3v) is 2.96. The van der Waals surface area contributed by atoms with Gasteiger partial charge in [0.05, 0.1) is 5.69 Å². The zero-order valence-electron chi connectivity index (χ0n) is 10.4. The molecule has 1 aliphatic rings. The van der Waals surface area contributed by atoms with Crippen LogP contribution in [0.1, 0.15) is 20.8 Å². The van der Waals surface area contributed by atoms with Crippen molar-refractivity contribution in [2.24, 2.45) is 5.92 Å². The molecule has 0 fully saturated rings. The molecule has 1 amide bonds. The summed E-state index contributed by atoms with van der Waals surface area (Å²) in [6, 6.07) is 5.40. The quantitative estimate of drug-likeness (QED) is 0.797. The summed E-state index contributed by atoms with van der Waals surface area (Å²) in [6.45, 7) is 6.56. The Morgan fingerprint density at radius 3 is 2.76 bits per heavy atom. The molecule has 4 heteroatoms. The van der Waals surface area contributed by atoms with Crippen LogP contribution in [-0.4, -0.2) is 18.6 Å². The van der Waals surface area contributed by atoms with E-state index in [9.17, 15) is 4.79 Å². The van der Waals surface area contributed by atoms with Crippen molar-refractivity contribution in [2.45, 2.75) is 26.9 Å². The number of hydrogen-bond acceptors (Lipinski definition) is 3. The molecule has 2 rings (SSSR count). The van der Waals surface area contributed by atoms with E-state index in [2.05, 4.69) is 0 Å². The first kappa shape index (κ1) is 11.8. The van der Waals surface area contributed by atoms with Gasteiger partial charge in [0.15, 0.2) is 6.10 Å². The summed E-state index contributed by atoms with van der Waals surface area (Å²) < 4.78 is 5.75. The second kappa shape index (κ2) is 4.28. The van der Waals surface area contributed by atoms with Crippen LogP contribution in [0.15, 0.2) is 18.2 Å². The number of carbonyl (C=O) groups is 1. The van der Waals surface area contributed by atoms with Crippen molar-refractivity contribution in [2.75, 3.05) is 17.2 Å². The molecule has 1 aromatic carbocycles. The predicted octanol–water partition coefficient (Wildman–Crippen LogP) is 2.04. The van der Waals surface area contributed by atoms with Gasteiger partial charge in [-0.25, -0.2) is 0 Å². The van der Waals surface area contributed by atoms with Gasteiger partial charge in [0.2, 0.25) is 0 Å². The maximum absolute atomic E-state index is 12.2. The Labute approximate surface area is 101 Å². The van der Waals surface area contributed by atoms with Crippen molar-refractivity contribution >= 4 is 17.3 Å². The van der Waals surface area contributed by atoms with Gasteiger partial charge in [-0.05, 0) is 25.0 Å². The maximum Gasteiger partial charge on any atom is 0.268 e. The highest BCUT2D eigenvalue weighted by Gasteiger charge is 2.35. The van der Waals surface area contributed by atoms with Crippen LogP contribution in [0.2, 0.25) is 0 Å². The van der Waals surface area contributed by atoms with Gasteiger partial charge >= 0.3 is 0 Å². The van der Waals surface area contributed by atoms with Crippen LogP contribution in [-0.2, 0) is 4.79 Å². The number of ether oxygens (including phenoxy) is 1. The maximum atomic E-state index is 12.2. The average molecular weight is 234 g/mol. The third kappa shape index (κ3) is 1.95. The molecule has 0 aromatic heterocycles. The van der Waals surface area contributed by atoms with Gasteiger partial charge in [0.1, 0.15) is 5.75 Å². The Morgan fingerprint density at radius 2 is 2.18 bits per heavy atom. The first-order valence-corrected chi connectivity index (χ1v) is 5.92. The Morgan fingerprint density at radius 1 is 1.47 bits per heavy atom. The summed E-state index contributed by atoms with van der Waals surface area (Å²) in [7, 11) is 0. The Kier molecular flexibility index (Phi) is 2.96. The van der Waals surface area contributed by atoms with Gasteiger partial charge in [-0.3, -0.25) is 4.79 Å². The van der Waals surface area contributed by atoms with Crippen LogP contribution in [0.25, 0.3) is 0 Å². The minimum Gasteiger partial charge on any atom is -0.478 e. The molecule has 1 unspecified atom stereocenters. The fourth-order valence-electron chi connectivity index (χ4n) is 2.06. The summed E-state index contributed by atoms with van der Waals surface area (Å²) in [5.41, 5.74) is 7.20. The minimum atomic E-state index is -0.413. The number of rotatable bonds is 2. The van der Waals surface area contributed by atoms with E-state index >= 15 is 0 Å². The van der Waals surface area contributed by atoms with E-state index in [1.54, 1.807) is 17.0 Å². The molecule has 92 valence electrons. The number of hydrogen-bond donors (Lipinski definition) is 1. The normalized spacial score (nSPS) is 19.2. The fourth-order valence-corrected chi connectivity index (χ4v) is 2.06. The molecular weight excluding hydrogens is 216 g/mol. The second-order valence-corrected chi connectivity index (χ2v) is 4.59. The lowest BCUT2D eigenvalue weighted by molar-refractivity contribution is -0.128. The lowest BCUT2D eigenvalue weighted by Crippen LogP contribution is -2.48. The van der Waals surface area contributed by atoms with Crippen molar-refractivity contribution in [3.63, 3.8) is 0 Å². The summed E-state index contributed by atoms with van der Waals surface area (Å²) in [5.74, 6) is 0.871. The number of fused-ring (bicyclic) bond motifs is 1. The summed E-state index contributed by atoms with van der Waals surface area (Å²) >= 11 is 0. The smallest absolute Gasteiger partial charge is 0.268 e. The molecule has 1 aromatic rings. The number of nitrogen functional groups attached to an aromatic ring is 1. The van der Waals surface area contributed by atoms with Gasteiger partial charge < -0.3 is 15.4 Å². The van der Waals surface area contributed by atoms with Gasteiger partial charge in [-0.15, -0.1) is 0 Å². The first-order valence-electron chi connectivity index (χ1n) is 5.92. The van der Waals surface area contributed by atoms with Crippen LogP contribution in [0.4, 0.5) is 11.4 Å². The van der Waals surface area contributed by atoms with Crippen LogP contribution in [0, 0.1) is 5.92 Å². The van der Waals surface area contributed by atoms with Gasteiger partial charge in [-0.1, -0.05) is 13.8 Å². The average Bonchev–Trinajstić information content (AvgIpc) is 2.28. The Hall–Kier alpha value is -1.71. The Bertz CT molecular complexity index is 443. The van der Waals surface area contributed by atoms with Crippen LogP contribution in [0.5, 0.6) is 5.75 Å². The minimum absolute atomic E-state index is 0.0276. The van der Waals surface area contributed by atoms with Crippen LogP contribution >= 0.6 is 0 Å². The molecule has 0 radical (unpaired) electrons. The zero-order chi connectivity index (χ0) is 12.6. The third-order valence-electron chi connectivity index (χ3n) is 2.96. The van der Waals surface area contributed by atoms with Crippen molar-refractivity contribution in [3.8, 4) is 5.75 Å². The highest BCUT2D eigenvalue weighted by atomic mass is 16.5. The molecule has 17 heavy (non-hydrogen) atoms. The van der Waals surface area contributed by atoms with E-state index in [-0.39, 0.29) is 11.8 Å². The predicted molar refractivity (Wildman–Crippen MR) is 68.1 cm³/mol. The number of benzene rings is 1. The van der Waals surface area contributed by atoms with Crippen LogP contribution < -0.4 is 15.4 Å². The summed E-state index contributed by atoms with van der Waals surface area (Å²) in [6.07, 6.45) is -0.413. The molecule has 0 saturated heterocycles. The molecule has 0 bridgehead atoms. The van der Waals surface area contributed by atoms with E-state index in [1.165, 1.54) is 0 Å². The molecule has 0 spiro atoms. The van der Waals surface area contributed by atoms with E-state index in [0.717, 1.165) is 5.69 Å². The fraction of sp³-hybridized carbons (Fsp3) is 0.462. The van der Waals surface area contributed by atoms with Crippen molar-refractivity contribution in [3.05, 3.63) is 18.2 Å². The van der Waals surface area contributed by atoms with Gasteiger partial charge in [0, 0.05) is 18.3 Å². The number of anilines is 2. The standard InChI is InChI=1S/C13H18N2O2/c1-4-15-10-6-5-9(14)7-11(10)17-12(8(2)3)13(15)16/h5-8,12H,4,14H2,1-3H3. The molecule has 1 aliphatic heterocycles. The largest absolute Gasteiger partial charge is 0.478 e. The summed E-state index contributed by atoms with van der Waals surface area (Å²) in [5, 5.41) is 0. The first-order chi connectivity index (χ1) is 8.04. The molecule has 0 aliphatic carbocycles. The van der Waals surface area contributed by atoms with E-state index in [0.29, 0.717) is 18.0 Å². The number of nitrogens with zero attached hydrogens (tertiary/aromatic N) is 1. The molecule has 1 heterocycles. The monoisotopic (exact) mass is 234 g/mol. The number of amides is 1. The highest BCUT2D eigenvalue weighted by Crippen LogP contribution is 2.36. The van der Waals surface area contributed by atoms with E-state index in [1.807, 2.05) is 26.8 Å². The summed E-state index contributed by atoms with van der Waals surface area (Å²) in [4.78, 5) is 14.0.